The Bertz CT molecular complexity index is 1340. The molecule has 1 aliphatic heterocycles. The van der Waals surface area contributed by atoms with Crippen LogP contribution in [-0.4, -0.2) is 70.5 Å². The number of rotatable bonds is 7. The van der Waals surface area contributed by atoms with Crippen LogP contribution >= 0.6 is 11.6 Å². The van der Waals surface area contributed by atoms with Crippen LogP contribution in [-0.2, 0) is 9.84 Å². The third-order valence-corrected chi connectivity index (χ3v) is 8.09. The number of aromatic nitrogens is 1. The van der Waals surface area contributed by atoms with Crippen molar-refractivity contribution < 1.29 is 18.3 Å². The molecule has 0 radical (unpaired) electrons. The molecule has 188 valence electrons. The summed E-state index contributed by atoms with van der Waals surface area (Å²) in [7, 11) is 2.15. The summed E-state index contributed by atoms with van der Waals surface area (Å²) in [6, 6.07) is 9.13. The highest BCUT2D eigenvalue weighted by Gasteiger charge is 2.26. The maximum Gasteiger partial charge on any atom is 0.179 e. The molecule has 0 saturated carbocycles. The zero-order chi connectivity index (χ0) is 25.3. The van der Waals surface area contributed by atoms with Gasteiger partial charge >= 0.3 is 0 Å². The third-order valence-electron chi connectivity index (χ3n) is 6.70. The van der Waals surface area contributed by atoms with Gasteiger partial charge in [-0.05, 0) is 81.2 Å². The summed E-state index contributed by atoms with van der Waals surface area (Å²) < 4.78 is 30.8. The number of phenols is 1. The zero-order valence-electron chi connectivity index (χ0n) is 20.6. The molecule has 1 saturated heterocycles. The molecule has 7 nitrogen and oxygen atoms in total. The van der Waals surface area contributed by atoms with Gasteiger partial charge in [-0.2, -0.15) is 0 Å². The molecule has 0 bridgehead atoms. The topological polar surface area (TPSA) is 83.0 Å². The van der Waals surface area contributed by atoms with Crippen LogP contribution in [0.3, 0.4) is 0 Å². The van der Waals surface area contributed by atoms with E-state index in [1.807, 2.05) is 18.2 Å². The van der Waals surface area contributed by atoms with E-state index in [-0.39, 0.29) is 21.4 Å². The molecule has 9 heteroatoms. The fourth-order valence-corrected chi connectivity index (χ4v) is 5.76. The van der Waals surface area contributed by atoms with Gasteiger partial charge < -0.3 is 19.6 Å². The molecule has 0 unspecified atom stereocenters. The minimum absolute atomic E-state index is 0.113. The Hall–Kier alpha value is -2.55. The summed E-state index contributed by atoms with van der Waals surface area (Å²) >= 11 is 6.23. The summed E-state index contributed by atoms with van der Waals surface area (Å²) in [4.78, 5) is 9.11. The van der Waals surface area contributed by atoms with E-state index >= 15 is 0 Å². The lowest BCUT2D eigenvalue weighted by Crippen LogP contribution is -2.35. The maximum absolute atomic E-state index is 12.8. The van der Waals surface area contributed by atoms with Gasteiger partial charge in [-0.15, -0.1) is 0 Å². The second-order valence-corrected chi connectivity index (χ2v) is 11.9. The van der Waals surface area contributed by atoms with Gasteiger partial charge in [0.2, 0.25) is 0 Å². The smallest absolute Gasteiger partial charge is 0.179 e. The summed E-state index contributed by atoms with van der Waals surface area (Å²) in [5.74, 6) is 0.791. The van der Waals surface area contributed by atoms with Crippen LogP contribution in [0.4, 0.5) is 5.69 Å². The van der Waals surface area contributed by atoms with Gasteiger partial charge in [0, 0.05) is 30.9 Å². The third kappa shape index (κ3) is 5.50. The largest absolute Gasteiger partial charge is 0.503 e. The number of hydrogen-bond acceptors (Lipinski definition) is 7. The lowest BCUT2D eigenvalue weighted by molar-refractivity contribution is 0.313. The number of pyridine rings is 1. The van der Waals surface area contributed by atoms with Crippen LogP contribution in [0.5, 0.6) is 11.5 Å². The van der Waals surface area contributed by atoms with Crippen molar-refractivity contribution in [1.29, 1.82) is 0 Å². The normalized spacial score (nSPS) is 15.2. The molecule has 2 heterocycles. The first-order chi connectivity index (χ1) is 16.6. The number of methoxy groups -OCH3 is 1. The second kappa shape index (κ2) is 10.2. The van der Waals surface area contributed by atoms with E-state index in [0.717, 1.165) is 60.9 Å². The molecule has 1 N–H and O–H groups in total. The molecule has 1 aliphatic rings. The Morgan fingerprint density at radius 3 is 2.51 bits per heavy atom. The van der Waals surface area contributed by atoms with E-state index < -0.39 is 9.84 Å². The fraction of sp³-hybridized carbons (Fsp3) is 0.423. The predicted molar refractivity (Wildman–Crippen MR) is 142 cm³/mol. The van der Waals surface area contributed by atoms with Gasteiger partial charge in [-0.1, -0.05) is 17.7 Å². The highest BCUT2D eigenvalue weighted by Crippen LogP contribution is 2.41. The first-order valence-corrected chi connectivity index (χ1v) is 13.9. The summed E-state index contributed by atoms with van der Waals surface area (Å²) in [5.41, 5.74) is 3.02. The van der Waals surface area contributed by atoms with Crippen LogP contribution < -0.4 is 9.64 Å². The summed E-state index contributed by atoms with van der Waals surface area (Å²) in [5, 5.41) is 11.1. The lowest BCUT2D eigenvalue weighted by Gasteiger charge is -2.35. The average molecular weight is 518 g/mol. The molecule has 1 aromatic heterocycles. The fourth-order valence-electron chi connectivity index (χ4n) is 4.72. The standard InChI is InChI=1S/C26H32ClN3O4S/c1-29(2)10-7-17-8-11-30(12-9-17)25-20-13-18(19-14-21(27)26(31)23(15-19)34-3)5-6-22(20)28-16-24(25)35(4,32)33/h5-6,13-17,31H,7-12H2,1-4H3. The Morgan fingerprint density at radius 2 is 1.89 bits per heavy atom. The second-order valence-electron chi connectivity index (χ2n) is 9.51. The van der Waals surface area contributed by atoms with Gasteiger partial charge in [0.15, 0.2) is 21.3 Å². The highest BCUT2D eigenvalue weighted by molar-refractivity contribution is 7.90. The van der Waals surface area contributed by atoms with Crippen molar-refractivity contribution in [2.75, 3.05) is 52.0 Å². The molecular formula is C26H32ClN3O4S. The molecule has 0 amide bonds. The monoisotopic (exact) mass is 517 g/mol. The first-order valence-electron chi connectivity index (χ1n) is 11.7. The van der Waals surface area contributed by atoms with Crippen molar-refractivity contribution in [1.82, 2.24) is 9.88 Å². The van der Waals surface area contributed by atoms with Gasteiger partial charge in [0.05, 0.1) is 23.3 Å². The summed E-state index contributed by atoms with van der Waals surface area (Å²) in [6.07, 6.45) is 5.89. The quantitative estimate of drug-likeness (QED) is 0.480. The van der Waals surface area contributed by atoms with Crippen molar-refractivity contribution >= 4 is 38.0 Å². The summed E-state index contributed by atoms with van der Waals surface area (Å²) in [6.45, 7) is 2.64. The highest BCUT2D eigenvalue weighted by atomic mass is 35.5. The van der Waals surface area contributed by atoms with E-state index in [9.17, 15) is 13.5 Å². The molecule has 0 spiro atoms. The maximum atomic E-state index is 12.8. The number of hydrogen-bond donors (Lipinski definition) is 1. The number of aromatic hydroxyl groups is 1. The SMILES string of the molecule is COc1cc(-c2ccc3ncc(S(C)(=O)=O)c(N4CCC(CCN(C)C)CC4)c3c2)cc(Cl)c1O. The number of fused-ring (bicyclic) bond motifs is 1. The zero-order valence-corrected chi connectivity index (χ0v) is 22.2. The number of phenolic OH excluding ortho intramolecular Hbond substituents is 1. The molecule has 2 aromatic carbocycles. The molecule has 1 fully saturated rings. The molecule has 35 heavy (non-hydrogen) atoms. The van der Waals surface area contributed by atoms with Crippen molar-refractivity contribution in [3.63, 3.8) is 0 Å². The first kappa shape index (κ1) is 25.5. The molecular weight excluding hydrogens is 486 g/mol. The van der Waals surface area contributed by atoms with E-state index in [0.29, 0.717) is 11.6 Å². The molecule has 0 aliphatic carbocycles. The number of piperidine rings is 1. The van der Waals surface area contributed by atoms with Crippen LogP contribution in [0.1, 0.15) is 19.3 Å². The number of ether oxygens (including phenoxy) is 1. The molecule has 3 aromatic rings. The van der Waals surface area contributed by atoms with Gasteiger partial charge in [0.1, 0.15) is 4.90 Å². The van der Waals surface area contributed by atoms with Crippen molar-refractivity contribution in [3.8, 4) is 22.6 Å². The minimum Gasteiger partial charge on any atom is -0.503 e. The Balaban J connectivity index is 1.79. The van der Waals surface area contributed by atoms with Gasteiger partial charge in [-0.3, -0.25) is 4.98 Å². The average Bonchev–Trinajstić information content (AvgIpc) is 2.83. The van der Waals surface area contributed by atoms with Crippen molar-refractivity contribution in [2.45, 2.75) is 24.2 Å². The van der Waals surface area contributed by atoms with Crippen molar-refractivity contribution in [3.05, 3.63) is 41.6 Å². The Morgan fingerprint density at radius 1 is 1.17 bits per heavy atom. The van der Waals surface area contributed by atoms with E-state index in [1.54, 1.807) is 12.1 Å². The lowest BCUT2D eigenvalue weighted by atomic mass is 9.92. The van der Waals surface area contributed by atoms with Crippen LogP contribution in [0.15, 0.2) is 41.4 Å². The Labute approximate surface area is 212 Å². The van der Waals surface area contributed by atoms with E-state index in [1.165, 1.54) is 19.6 Å². The Kier molecular flexibility index (Phi) is 7.45. The number of sulfone groups is 1. The number of benzene rings is 2. The predicted octanol–water partition coefficient (Wildman–Crippen LogP) is 4.84. The molecule has 0 atom stereocenters. The number of anilines is 1. The van der Waals surface area contributed by atoms with Crippen molar-refractivity contribution in [2.24, 2.45) is 5.92 Å². The van der Waals surface area contributed by atoms with Crippen LogP contribution in [0.25, 0.3) is 22.0 Å². The number of nitrogens with zero attached hydrogens (tertiary/aromatic N) is 3. The van der Waals surface area contributed by atoms with Crippen LogP contribution in [0.2, 0.25) is 5.02 Å². The minimum atomic E-state index is -3.49. The van der Waals surface area contributed by atoms with E-state index in [4.69, 9.17) is 16.3 Å². The van der Waals surface area contributed by atoms with E-state index in [2.05, 4.69) is 28.9 Å². The number of halogens is 1. The molecule has 4 rings (SSSR count). The van der Waals surface area contributed by atoms with Gasteiger partial charge in [0.25, 0.3) is 0 Å². The van der Waals surface area contributed by atoms with Gasteiger partial charge in [-0.25, -0.2) is 8.42 Å². The van der Waals surface area contributed by atoms with Crippen LogP contribution in [0, 0.1) is 5.92 Å².